The molecule has 0 fully saturated rings. The fourth-order valence-corrected chi connectivity index (χ4v) is 3.47. The minimum Gasteiger partial charge on any atom is -0.342 e. The molecule has 3 rings (SSSR count). The van der Waals surface area contributed by atoms with E-state index in [0.29, 0.717) is 27.3 Å². The lowest BCUT2D eigenvalue weighted by Gasteiger charge is -2.13. The Labute approximate surface area is 177 Å². The molecule has 0 aliphatic rings. The third-order valence-electron chi connectivity index (χ3n) is 4.10. The Morgan fingerprint density at radius 2 is 1.79 bits per heavy atom. The molecule has 0 saturated carbocycles. The predicted octanol–water partition coefficient (Wildman–Crippen LogP) is 3.69. The van der Waals surface area contributed by atoms with Crippen LogP contribution in [-0.2, 0) is 11.8 Å². The molecule has 29 heavy (non-hydrogen) atoms. The monoisotopic (exact) mass is 429 g/mol. The molecular formula is C20H20ClN5O2S. The maximum atomic E-state index is 12.3. The van der Waals surface area contributed by atoms with E-state index in [1.165, 1.54) is 11.8 Å². The molecule has 2 aromatic carbocycles. The summed E-state index contributed by atoms with van der Waals surface area (Å²) in [7, 11) is 1.81. The molecule has 0 aliphatic carbocycles. The van der Waals surface area contributed by atoms with Crippen LogP contribution in [0.1, 0.15) is 29.1 Å². The molecular weight excluding hydrogens is 410 g/mol. The molecule has 2 amide bonds. The minimum atomic E-state index is -0.336. The maximum Gasteiger partial charge on any atom is 0.251 e. The Morgan fingerprint density at radius 3 is 2.48 bits per heavy atom. The number of rotatable bonds is 7. The zero-order valence-corrected chi connectivity index (χ0v) is 17.5. The van der Waals surface area contributed by atoms with E-state index in [9.17, 15) is 9.59 Å². The molecule has 2 N–H and O–H groups in total. The van der Waals surface area contributed by atoms with E-state index in [0.717, 1.165) is 0 Å². The summed E-state index contributed by atoms with van der Waals surface area (Å²) < 4.78 is 1.77. The van der Waals surface area contributed by atoms with Crippen LogP contribution >= 0.6 is 23.4 Å². The van der Waals surface area contributed by atoms with E-state index in [2.05, 4.69) is 20.8 Å². The molecule has 1 heterocycles. The second-order valence-electron chi connectivity index (χ2n) is 6.30. The molecule has 0 unspecified atom stereocenters. The van der Waals surface area contributed by atoms with Gasteiger partial charge >= 0.3 is 0 Å². The largest absolute Gasteiger partial charge is 0.342 e. The van der Waals surface area contributed by atoms with Crippen molar-refractivity contribution in [3.63, 3.8) is 0 Å². The van der Waals surface area contributed by atoms with Crippen molar-refractivity contribution in [3.05, 3.63) is 71.0 Å². The van der Waals surface area contributed by atoms with Crippen LogP contribution in [-0.4, -0.2) is 32.3 Å². The van der Waals surface area contributed by atoms with Crippen molar-refractivity contribution < 1.29 is 9.59 Å². The zero-order valence-electron chi connectivity index (χ0n) is 15.9. The first-order valence-corrected chi connectivity index (χ1v) is 10.2. The van der Waals surface area contributed by atoms with Crippen molar-refractivity contribution in [1.29, 1.82) is 0 Å². The number of aromatic nitrogens is 3. The molecule has 0 saturated heterocycles. The molecule has 3 aromatic rings. The lowest BCUT2D eigenvalue weighted by atomic mass is 10.2. The number of nitrogens with zero attached hydrogens (tertiary/aromatic N) is 3. The smallest absolute Gasteiger partial charge is 0.251 e. The summed E-state index contributed by atoms with van der Waals surface area (Å²) in [4.78, 5) is 24.5. The average Bonchev–Trinajstić information content (AvgIpc) is 3.09. The molecule has 0 aliphatic heterocycles. The van der Waals surface area contributed by atoms with E-state index in [1.807, 2.05) is 25.1 Å². The zero-order chi connectivity index (χ0) is 20.8. The highest BCUT2D eigenvalue weighted by atomic mass is 35.5. The van der Waals surface area contributed by atoms with Gasteiger partial charge in [-0.25, -0.2) is 0 Å². The summed E-state index contributed by atoms with van der Waals surface area (Å²) in [6.45, 7) is 1.84. The van der Waals surface area contributed by atoms with Crippen molar-refractivity contribution in [2.75, 3.05) is 11.1 Å². The number of carbonyl (C=O) groups is 2. The summed E-state index contributed by atoms with van der Waals surface area (Å²) in [6, 6.07) is 15.5. The van der Waals surface area contributed by atoms with Gasteiger partial charge in [-0.15, -0.1) is 10.2 Å². The average molecular weight is 430 g/mol. The van der Waals surface area contributed by atoms with E-state index in [1.54, 1.807) is 48.0 Å². The lowest BCUT2D eigenvalue weighted by molar-refractivity contribution is -0.113. The van der Waals surface area contributed by atoms with Crippen molar-refractivity contribution in [2.45, 2.75) is 18.1 Å². The second kappa shape index (κ2) is 9.58. The SMILES string of the molecule is C[C@@H](NC(=O)c1ccccc1)c1nnc(SCC(=O)Nc2ccc(Cl)cc2)n1C. The number of carbonyl (C=O) groups excluding carboxylic acids is 2. The normalized spacial score (nSPS) is 11.7. The van der Waals surface area contributed by atoms with Gasteiger partial charge in [0, 0.05) is 23.3 Å². The van der Waals surface area contributed by atoms with Gasteiger partial charge in [0.25, 0.3) is 5.91 Å². The van der Waals surface area contributed by atoms with Gasteiger partial charge in [0.15, 0.2) is 11.0 Å². The van der Waals surface area contributed by atoms with Gasteiger partial charge in [0.2, 0.25) is 5.91 Å². The Morgan fingerprint density at radius 1 is 1.10 bits per heavy atom. The number of halogens is 1. The van der Waals surface area contributed by atoms with Gasteiger partial charge in [-0.1, -0.05) is 41.6 Å². The highest BCUT2D eigenvalue weighted by Crippen LogP contribution is 2.20. The molecule has 9 heteroatoms. The number of benzene rings is 2. The number of thioether (sulfide) groups is 1. The molecule has 7 nitrogen and oxygen atoms in total. The first kappa shape index (κ1) is 20.9. The third kappa shape index (κ3) is 5.58. The highest BCUT2D eigenvalue weighted by molar-refractivity contribution is 7.99. The molecule has 0 radical (unpaired) electrons. The summed E-state index contributed by atoms with van der Waals surface area (Å²) in [5, 5.41) is 15.2. The number of anilines is 1. The summed E-state index contributed by atoms with van der Waals surface area (Å²) in [5.41, 5.74) is 1.26. The molecule has 0 bridgehead atoms. The molecule has 1 atom stereocenters. The molecule has 0 spiro atoms. The topological polar surface area (TPSA) is 88.9 Å². The van der Waals surface area contributed by atoms with Gasteiger partial charge in [-0.2, -0.15) is 0 Å². The van der Waals surface area contributed by atoms with E-state index >= 15 is 0 Å². The predicted molar refractivity (Wildman–Crippen MR) is 114 cm³/mol. The lowest BCUT2D eigenvalue weighted by Crippen LogP contribution is -2.28. The summed E-state index contributed by atoms with van der Waals surface area (Å²) in [6.07, 6.45) is 0. The van der Waals surface area contributed by atoms with Crippen LogP contribution in [0.2, 0.25) is 5.02 Å². The second-order valence-corrected chi connectivity index (χ2v) is 7.68. The fourth-order valence-electron chi connectivity index (χ4n) is 2.62. The van der Waals surface area contributed by atoms with Crippen LogP contribution in [0.4, 0.5) is 5.69 Å². The van der Waals surface area contributed by atoms with Gasteiger partial charge < -0.3 is 15.2 Å². The van der Waals surface area contributed by atoms with Crippen molar-refractivity contribution in [2.24, 2.45) is 7.05 Å². The van der Waals surface area contributed by atoms with Gasteiger partial charge in [0.1, 0.15) is 0 Å². The standard InChI is InChI=1S/C20H20ClN5O2S/c1-13(22-19(28)14-6-4-3-5-7-14)18-24-25-20(26(18)2)29-12-17(27)23-16-10-8-15(21)9-11-16/h3-11,13H,12H2,1-2H3,(H,22,28)(H,23,27)/t13-/m1/s1. The van der Waals surface area contributed by atoms with E-state index < -0.39 is 0 Å². The van der Waals surface area contributed by atoms with Crippen LogP contribution < -0.4 is 10.6 Å². The maximum absolute atomic E-state index is 12.3. The summed E-state index contributed by atoms with van der Waals surface area (Å²) >= 11 is 7.11. The quantitative estimate of drug-likeness (QED) is 0.559. The van der Waals surface area contributed by atoms with Crippen molar-refractivity contribution >= 4 is 40.9 Å². The molecule has 150 valence electrons. The molecule has 1 aromatic heterocycles. The van der Waals surface area contributed by atoms with Crippen molar-refractivity contribution in [1.82, 2.24) is 20.1 Å². The Hall–Kier alpha value is -2.84. The van der Waals surface area contributed by atoms with E-state index in [4.69, 9.17) is 11.6 Å². The Bertz CT molecular complexity index is 992. The van der Waals surface area contributed by atoms with E-state index in [-0.39, 0.29) is 23.6 Å². The number of hydrogen-bond donors (Lipinski definition) is 2. The van der Waals surface area contributed by atoms with Crippen LogP contribution in [0.15, 0.2) is 59.8 Å². The van der Waals surface area contributed by atoms with Crippen LogP contribution in [0.25, 0.3) is 0 Å². The van der Waals surface area contributed by atoms with Gasteiger partial charge in [0.05, 0.1) is 11.8 Å². The van der Waals surface area contributed by atoms with Gasteiger partial charge in [-0.3, -0.25) is 9.59 Å². The Kier molecular flexibility index (Phi) is 6.90. The van der Waals surface area contributed by atoms with Crippen LogP contribution in [0.5, 0.6) is 0 Å². The highest BCUT2D eigenvalue weighted by Gasteiger charge is 2.19. The first-order chi connectivity index (χ1) is 13.9. The van der Waals surface area contributed by atoms with Crippen LogP contribution in [0, 0.1) is 0 Å². The number of hydrogen-bond acceptors (Lipinski definition) is 5. The summed E-state index contributed by atoms with van der Waals surface area (Å²) in [5.74, 6) is 0.444. The Balaban J connectivity index is 1.56. The number of amides is 2. The van der Waals surface area contributed by atoms with Crippen molar-refractivity contribution in [3.8, 4) is 0 Å². The first-order valence-electron chi connectivity index (χ1n) is 8.87. The fraction of sp³-hybridized carbons (Fsp3) is 0.200. The minimum absolute atomic E-state index is 0.160. The van der Waals surface area contributed by atoms with Crippen LogP contribution in [0.3, 0.4) is 0 Å². The van der Waals surface area contributed by atoms with Gasteiger partial charge in [-0.05, 0) is 43.3 Å². The third-order valence-corrected chi connectivity index (χ3v) is 5.37. The number of nitrogens with one attached hydrogen (secondary N) is 2.